The van der Waals surface area contributed by atoms with Crippen LogP contribution in [0.2, 0.25) is 0 Å². The molecule has 0 spiro atoms. The van der Waals surface area contributed by atoms with Crippen LogP contribution < -0.4 is 4.74 Å². The molecule has 1 heterocycles. The monoisotopic (exact) mass is 288 g/mol. The zero-order valence-electron chi connectivity index (χ0n) is 8.92. The average Bonchev–Trinajstić information content (AvgIpc) is 2.80. The number of hydrogen-bond acceptors (Lipinski definition) is 2. The van der Waals surface area contributed by atoms with Gasteiger partial charge in [0, 0.05) is 17.5 Å². The summed E-state index contributed by atoms with van der Waals surface area (Å²) in [6.45, 7) is 1.37. The summed E-state index contributed by atoms with van der Waals surface area (Å²) in [7, 11) is 0. The molecule has 1 saturated heterocycles. The second kappa shape index (κ2) is 5.64. The van der Waals surface area contributed by atoms with E-state index in [0.29, 0.717) is 11.9 Å². The Hall–Kier alpha value is -0.610. The van der Waals surface area contributed by atoms with E-state index in [2.05, 4.69) is 15.9 Å². The largest absolute Gasteiger partial charge is 0.491 e. The molecule has 1 fully saturated rings. The summed E-state index contributed by atoms with van der Waals surface area (Å²) >= 11 is 3.32. The van der Waals surface area contributed by atoms with Crippen molar-refractivity contribution in [1.82, 2.24) is 0 Å². The summed E-state index contributed by atoms with van der Waals surface area (Å²) in [6.07, 6.45) is 2.33. The molecule has 0 aromatic heterocycles. The van der Waals surface area contributed by atoms with Gasteiger partial charge >= 0.3 is 0 Å². The smallest absolute Gasteiger partial charge is 0.123 e. The highest BCUT2D eigenvalue weighted by Crippen LogP contribution is 2.23. The van der Waals surface area contributed by atoms with Gasteiger partial charge in [-0.2, -0.15) is 0 Å². The van der Waals surface area contributed by atoms with Gasteiger partial charge in [-0.15, -0.1) is 0 Å². The molecule has 88 valence electrons. The van der Waals surface area contributed by atoms with Crippen LogP contribution in [0.1, 0.15) is 18.4 Å². The SMILES string of the molecule is Fc1ccc(OCC2CCCO2)c(CBr)c1. The highest BCUT2D eigenvalue weighted by molar-refractivity contribution is 9.08. The first-order valence-corrected chi connectivity index (χ1v) is 6.50. The maximum Gasteiger partial charge on any atom is 0.123 e. The predicted octanol–water partition coefficient (Wildman–Crippen LogP) is 3.28. The second-order valence-corrected chi connectivity index (χ2v) is 4.39. The normalized spacial score (nSPS) is 20.0. The van der Waals surface area contributed by atoms with Crippen molar-refractivity contribution in [3.05, 3.63) is 29.6 Å². The summed E-state index contributed by atoms with van der Waals surface area (Å²) in [5, 5.41) is 0.589. The van der Waals surface area contributed by atoms with Gasteiger partial charge in [0.15, 0.2) is 0 Å². The molecule has 1 atom stereocenters. The van der Waals surface area contributed by atoms with Crippen LogP contribution in [-0.4, -0.2) is 19.3 Å². The van der Waals surface area contributed by atoms with Crippen LogP contribution in [0.15, 0.2) is 18.2 Å². The standard InChI is InChI=1S/C12H14BrFO2/c13-7-9-6-10(14)3-4-12(9)16-8-11-2-1-5-15-11/h3-4,6,11H,1-2,5,7-8H2. The molecule has 0 aliphatic carbocycles. The van der Waals surface area contributed by atoms with Crippen molar-refractivity contribution < 1.29 is 13.9 Å². The van der Waals surface area contributed by atoms with Gasteiger partial charge in [0.1, 0.15) is 18.2 Å². The number of rotatable bonds is 4. The van der Waals surface area contributed by atoms with Crippen molar-refractivity contribution in [2.75, 3.05) is 13.2 Å². The van der Waals surface area contributed by atoms with E-state index in [1.165, 1.54) is 12.1 Å². The van der Waals surface area contributed by atoms with Gasteiger partial charge in [-0.3, -0.25) is 0 Å². The number of halogens is 2. The lowest BCUT2D eigenvalue weighted by molar-refractivity contribution is 0.0677. The Morgan fingerprint density at radius 2 is 2.38 bits per heavy atom. The van der Waals surface area contributed by atoms with Crippen molar-refractivity contribution in [2.45, 2.75) is 24.3 Å². The fraction of sp³-hybridized carbons (Fsp3) is 0.500. The molecule has 2 nitrogen and oxygen atoms in total. The van der Waals surface area contributed by atoms with Crippen molar-refractivity contribution in [1.29, 1.82) is 0 Å². The van der Waals surface area contributed by atoms with E-state index in [0.717, 1.165) is 30.8 Å². The molecule has 0 bridgehead atoms. The van der Waals surface area contributed by atoms with Gasteiger partial charge in [0.05, 0.1) is 6.10 Å². The number of hydrogen-bond donors (Lipinski definition) is 0. The Kier molecular flexibility index (Phi) is 4.18. The van der Waals surface area contributed by atoms with Gasteiger partial charge < -0.3 is 9.47 Å². The summed E-state index contributed by atoms with van der Waals surface area (Å²) < 4.78 is 24.1. The van der Waals surface area contributed by atoms with Gasteiger partial charge in [-0.05, 0) is 31.0 Å². The highest BCUT2D eigenvalue weighted by Gasteiger charge is 2.16. The third-order valence-electron chi connectivity index (χ3n) is 2.62. The fourth-order valence-electron chi connectivity index (χ4n) is 1.75. The molecule has 2 rings (SSSR count). The summed E-state index contributed by atoms with van der Waals surface area (Å²) in [6, 6.07) is 4.57. The Balaban J connectivity index is 1.97. The highest BCUT2D eigenvalue weighted by atomic mass is 79.9. The summed E-state index contributed by atoms with van der Waals surface area (Å²) in [5.74, 6) is 0.493. The van der Waals surface area contributed by atoms with Gasteiger partial charge in [0.25, 0.3) is 0 Å². The molecule has 1 aromatic carbocycles. The molecule has 0 radical (unpaired) electrons. The molecule has 0 amide bonds. The van der Waals surface area contributed by atoms with E-state index < -0.39 is 0 Å². The zero-order valence-corrected chi connectivity index (χ0v) is 10.5. The van der Waals surface area contributed by atoms with Crippen LogP contribution in [-0.2, 0) is 10.1 Å². The Morgan fingerprint density at radius 1 is 1.50 bits per heavy atom. The van der Waals surface area contributed by atoms with Crippen LogP contribution in [0.4, 0.5) is 4.39 Å². The first-order valence-electron chi connectivity index (χ1n) is 5.38. The van der Waals surface area contributed by atoms with E-state index in [4.69, 9.17) is 9.47 Å². The van der Waals surface area contributed by atoms with Crippen molar-refractivity contribution >= 4 is 15.9 Å². The molecular weight excluding hydrogens is 275 g/mol. The maximum absolute atomic E-state index is 13.0. The third-order valence-corrected chi connectivity index (χ3v) is 3.22. The second-order valence-electron chi connectivity index (χ2n) is 3.83. The Morgan fingerprint density at radius 3 is 3.06 bits per heavy atom. The molecule has 0 N–H and O–H groups in total. The Bertz CT molecular complexity index is 351. The van der Waals surface area contributed by atoms with E-state index in [-0.39, 0.29) is 11.9 Å². The van der Waals surface area contributed by atoms with Gasteiger partial charge in [-0.1, -0.05) is 15.9 Å². The molecule has 16 heavy (non-hydrogen) atoms. The van der Waals surface area contributed by atoms with Gasteiger partial charge in [-0.25, -0.2) is 4.39 Å². The molecule has 0 saturated carbocycles. The molecule has 1 aliphatic rings. The lowest BCUT2D eigenvalue weighted by atomic mass is 10.2. The van der Waals surface area contributed by atoms with Gasteiger partial charge in [0.2, 0.25) is 0 Å². The maximum atomic E-state index is 13.0. The summed E-state index contributed by atoms with van der Waals surface area (Å²) in [5.41, 5.74) is 0.831. The number of ether oxygens (including phenoxy) is 2. The molecular formula is C12H14BrFO2. The van der Waals surface area contributed by atoms with Crippen LogP contribution in [0.3, 0.4) is 0 Å². The fourth-order valence-corrected chi connectivity index (χ4v) is 2.19. The van der Waals surface area contributed by atoms with Crippen LogP contribution >= 0.6 is 15.9 Å². The topological polar surface area (TPSA) is 18.5 Å². The van der Waals surface area contributed by atoms with E-state index in [1.54, 1.807) is 6.07 Å². The average molecular weight is 289 g/mol. The van der Waals surface area contributed by atoms with Crippen LogP contribution in [0.25, 0.3) is 0 Å². The van der Waals surface area contributed by atoms with Crippen molar-refractivity contribution in [3.8, 4) is 5.75 Å². The zero-order chi connectivity index (χ0) is 11.4. The van der Waals surface area contributed by atoms with Crippen LogP contribution in [0.5, 0.6) is 5.75 Å². The van der Waals surface area contributed by atoms with E-state index >= 15 is 0 Å². The van der Waals surface area contributed by atoms with Crippen LogP contribution in [0, 0.1) is 5.82 Å². The first kappa shape index (κ1) is 11.9. The van der Waals surface area contributed by atoms with E-state index in [1.807, 2.05) is 0 Å². The predicted molar refractivity (Wildman–Crippen MR) is 63.5 cm³/mol. The van der Waals surface area contributed by atoms with Crippen molar-refractivity contribution in [2.24, 2.45) is 0 Å². The minimum Gasteiger partial charge on any atom is -0.491 e. The molecule has 1 aromatic rings. The number of alkyl halides is 1. The Labute approximate surface area is 103 Å². The lowest BCUT2D eigenvalue weighted by Crippen LogP contribution is -2.16. The molecule has 1 unspecified atom stereocenters. The van der Waals surface area contributed by atoms with Crippen molar-refractivity contribution in [3.63, 3.8) is 0 Å². The minimum absolute atomic E-state index is 0.188. The molecule has 1 aliphatic heterocycles. The van der Waals surface area contributed by atoms with E-state index in [9.17, 15) is 4.39 Å². The minimum atomic E-state index is -0.237. The lowest BCUT2D eigenvalue weighted by Gasteiger charge is -2.13. The quantitative estimate of drug-likeness (QED) is 0.792. The summed E-state index contributed by atoms with van der Waals surface area (Å²) in [4.78, 5) is 0. The first-order chi connectivity index (χ1) is 7.79. The third kappa shape index (κ3) is 2.95. The molecule has 4 heteroatoms. The number of benzene rings is 1.